The smallest absolute Gasteiger partial charge is 0.133 e. The van der Waals surface area contributed by atoms with Crippen molar-refractivity contribution in [2.45, 2.75) is 20.4 Å². The van der Waals surface area contributed by atoms with Crippen molar-refractivity contribution in [1.82, 2.24) is 4.90 Å². The molecule has 0 unspecified atom stereocenters. The minimum absolute atomic E-state index is 0.0942. The molecule has 0 saturated carbocycles. The lowest BCUT2D eigenvalue weighted by Gasteiger charge is -2.20. The predicted molar refractivity (Wildman–Crippen MR) is 79.7 cm³/mol. The van der Waals surface area contributed by atoms with E-state index in [2.05, 4.69) is 11.8 Å². The Balaban J connectivity index is 2.69. The number of nitrogens with zero attached hydrogens (tertiary/aromatic N) is 1. The average molecular weight is 284 g/mol. The molecule has 0 aliphatic carbocycles. The predicted octanol–water partition coefficient (Wildman–Crippen LogP) is 2.32. The van der Waals surface area contributed by atoms with E-state index in [9.17, 15) is 4.39 Å². The fraction of sp³-hybridized carbons (Fsp3) is 0.500. The highest BCUT2D eigenvalue weighted by molar-refractivity contribution is 7.80. The van der Waals surface area contributed by atoms with Gasteiger partial charge in [-0.25, -0.2) is 4.39 Å². The molecule has 0 fully saturated rings. The summed E-state index contributed by atoms with van der Waals surface area (Å²) < 4.78 is 18.8. The Morgan fingerprint density at radius 1 is 1.42 bits per heavy atom. The lowest BCUT2D eigenvalue weighted by atomic mass is 10.1. The van der Waals surface area contributed by atoms with Crippen LogP contribution in [0.4, 0.5) is 4.39 Å². The maximum absolute atomic E-state index is 13.5. The quantitative estimate of drug-likeness (QED) is 0.587. The van der Waals surface area contributed by atoms with Crippen LogP contribution in [-0.4, -0.2) is 36.2 Å². The maximum Gasteiger partial charge on any atom is 0.133 e. The third-order valence-electron chi connectivity index (χ3n) is 2.91. The second-order valence-electron chi connectivity index (χ2n) is 4.24. The molecule has 3 nitrogen and oxygen atoms in total. The molecule has 106 valence electrons. The molecular weight excluding hydrogens is 263 g/mol. The summed E-state index contributed by atoms with van der Waals surface area (Å²) >= 11 is 4.84. The molecule has 0 aromatic heterocycles. The molecule has 0 heterocycles. The number of hydrogen-bond donors (Lipinski definition) is 1. The molecule has 0 bridgehead atoms. The SMILES string of the molecule is CCOCCN(CC)Cc1ccc(F)c(C(N)=S)c1. The van der Waals surface area contributed by atoms with Crippen molar-refractivity contribution in [2.24, 2.45) is 5.73 Å². The number of benzene rings is 1. The van der Waals surface area contributed by atoms with Gasteiger partial charge in [0.25, 0.3) is 0 Å². The molecule has 0 atom stereocenters. The van der Waals surface area contributed by atoms with Crippen LogP contribution in [-0.2, 0) is 11.3 Å². The number of thiocarbonyl (C=S) groups is 1. The van der Waals surface area contributed by atoms with E-state index in [0.29, 0.717) is 12.2 Å². The van der Waals surface area contributed by atoms with Gasteiger partial charge in [-0.1, -0.05) is 25.2 Å². The zero-order chi connectivity index (χ0) is 14.3. The summed E-state index contributed by atoms with van der Waals surface area (Å²) in [5.41, 5.74) is 6.82. The van der Waals surface area contributed by atoms with Crippen LogP contribution in [0.2, 0.25) is 0 Å². The van der Waals surface area contributed by atoms with Gasteiger partial charge in [0.2, 0.25) is 0 Å². The summed E-state index contributed by atoms with van der Waals surface area (Å²) in [6.45, 7) is 7.98. The first-order chi connectivity index (χ1) is 9.08. The van der Waals surface area contributed by atoms with Gasteiger partial charge in [-0.3, -0.25) is 4.90 Å². The van der Waals surface area contributed by atoms with Crippen LogP contribution in [0, 0.1) is 5.82 Å². The van der Waals surface area contributed by atoms with Gasteiger partial charge in [0.1, 0.15) is 10.8 Å². The Hall–Kier alpha value is -1.04. The van der Waals surface area contributed by atoms with Gasteiger partial charge >= 0.3 is 0 Å². The zero-order valence-corrected chi connectivity index (χ0v) is 12.3. The van der Waals surface area contributed by atoms with Gasteiger partial charge in [0, 0.05) is 25.3 Å². The van der Waals surface area contributed by atoms with Crippen LogP contribution in [0.15, 0.2) is 18.2 Å². The van der Waals surface area contributed by atoms with Crippen molar-refractivity contribution >= 4 is 17.2 Å². The van der Waals surface area contributed by atoms with Crippen molar-refractivity contribution in [1.29, 1.82) is 0 Å². The Morgan fingerprint density at radius 3 is 2.74 bits per heavy atom. The van der Waals surface area contributed by atoms with Crippen LogP contribution in [0.1, 0.15) is 25.0 Å². The third kappa shape index (κ3) is 5.22. The Morgan fingerprint density at radius 2 is 2.16 bits per heavy atom. The summed E-state index contributed by atoms with van der Waals surface area (Å²) in [6.07, 6.45) is 0. The number of halogens is 1. The first-order valence-corrected chi connectivity index (χ1v) is 6.87. The Bertz CT molecular complexity index is 426. The second-order valence-corrected chi connectivity index (χ2v) is 4.68. The minimum atomic E-state index is -0.367. The van der Waals surface area contributed by atoms with Gasteiger partial charge in [-0.05, 0) is 31.2 Å². The van der Waals surface area contributed by atoms with Gasteiger partial charge < -0.3 is 10.5 Å². The van der Waals surface area contributed by atoms with E-state index in [0.717, 1.165) is 31.8 Å². The fourth-order valence-corrected chi connectivity index (χ4v) is 1.96. The van der Waals surface area contributed by atoms with Crippen molar-refractivity contribution in [2.75, 3.05) is 26.3 Å². The molecule has 0 amide bonds. The van der Waals surface area contributed by atoms with Crippen molar-refractivity contribution in [3.8, 4) is 0 Å². The van der Waals surface area contributed by atoms with E-state index in [1.807, 2.05) is 6.92 Å². The monoisotopic (exact) mass is 284 g/mol. The standard InChI is InChI=1S/C14H21FN2OS/c1-3-17(7-8-18-4-2)10-11-5-6-13(15)12(9-11)14(16)19/h5-6,9H,3-4,7-8,10H2,1-2H3,(H2,16,19). The molecule has 0 radical (unpaired) electrons. The van der Waals surface area contributed by atoms with Crippen molar-refractivity contribution in [3.63, 3.8) is 0 Å². The summed E-state index contributed by atoms with van der Waals surface area (Å²) in [7, 11) is 0. The zero-order valence-electron chi connectivity index (χ0n) is 11.5. The molecule has 1 aromatic rings. The molecule has 0 aliphatic heterocycles. The second kappa shape index (κ2) is 8.19. The van der Waals surface area contributed by atoms with E-state index in [1.54, 1.807) is 12.1 Å². The van der Waals surface area contributed by atoms with Gasteiger partial charge in [0.15, 0.2) is 0 Å². The summed E-state index contributed by atoms with van der Waals surface area (Å²) in [6, 6.07) is 4.90. The molecule has 1 rings (SSSR count). The summed E-state index contributed by atoms with van der Waals surface area (Å²) in [5.74, 6) is -0.367. The number of nitrogens with two attached hydrogens (primary N) is 1. The molecule has 0 saturated heterocycles. The van der Waals surface area contributed by atoms with E-state index in [1.165, 1.54) is 6.07 Å². The normalized spacial score (nSPS) is 10.9. The Kier molecular flexibility index (Phi) is 6.91. The lowest BCUT2D eigenvalue weighted by Crippen LogP contribution is -2.27. The first kappa shape index (κ1) is 16.0. The summed E-state index contributed by atoms with van der Waals surface area (Å²) in [5, 5.41) is 0. The molecule has 0 aliphatic rings. The van der Waals surface area contributed by atoms with E-state index in [-0.39, 0.29) is 10.8 Å². The molecule has 19 heavy (non-hydrogen) atoms. The van der Waals surface area contributed by atoms with E-state index >= 15 is 0 Å². The largest absolute Gasteiger partial charge is 0.389 e. The highest BCUT2D eigenvalue weighted by Crippen LogP contribution is 2.12. The Labute approximate surface area is 119 Å². The fourth-order valence-electron chi connectivity index (χ4n) is 1.80. The first-order valence-electron chi connectivity index (χ1n) is 6.46. The molecule has 5 heteroatoms. The highest BCUT2D eigenvalue weighted by Gasteiger charge is 2.09. The lowest BCUT2D eigenvalue weighted by molar-refractivity contribution is 0.113. The number of hydrogen-bond acceptors (Lipinski definition) is 3. The van der Waals surface area contributed by atoms with Crippen molar-refractivity contribution in [3.05, 3.63) is 35.1 Å². The third-order valence-corrected chi connectivity index (χ3v) is 3.13. The van der Waals surface area contributed by atoms with Crippen molar-refractivity contribution < 1.29 is 9.13 Å². The van der Waals surface area contributed by atoms with Gasteiger partial charge in [0.05, 0.1) is 6.61 Å². The molecule has 2 N–H and O–H groups in total. The number of likely N-dealkylation sites (N-methyl/N-ethyl adjacent to an activating group) is 1. The van der Waals surface area contributed by atoms with Gasteiger partial charge in [-0.2, -0.15) is 0 Å². The van der Waals surface area contributed by atoms with Crippen LogP contribution >= 0.6 is 12.2 Å². The summed E-state index contributed by atoms with van der Waals surface area (Å²) in [4.78, 5) is 2.32. The maximum atomic E-state index is 13.5. The molecular formula is C14H21FN2OS. The minimum Gasteiger partial charge on any atom is -0.389 e. The molecule has 1 aromatic carbocycles. The van der Waals surface area contributed by atoms with Gasteiger partial charge in [-0.15, -0.1) is 0 Å². The van der Waals surface area contributed by atoms with Crippen LogP contribution in [0.25, 0.3) is 0 Å². The molecule has 0 spiro atoms. The topological polar surface area (TPSA) is 38.5 Å². The average Bonchev–Trinajstić information content (AvgIpc) is 2.39. The van der Waals surface area contributed by atoms with Crippen LogP contribution in [0.3, 0.4) is 0 Å². The number of ether oxygens (including phenoxy) is 1. The van der Waals surface area contributed by atoms with E-state index < -0.39 is 0 Å². The van der Waals surface area contributed by atoms with Crippen LogP contribution in [0.5, 0.6) is 0 Å². The number of rotatable bonds is 8. The van der Waals surface area contributed by atoms with Crippen LogP contribution < -0.4 is 5.73 Å². The van der Waals surface area contributed by atoms with E-state index in [4.69, 9.17) is 22.7 Å². The highest BCUT2D eigenvalue weighted by atomic mass is 32.1.